The highest BCUT2D eigenvalue weighted by Gasteiger charge is 1.92. The third kappa shape index (κ3) is 5.24. The topological polar surface area (TPSA) is 61.7 Å². The zero-order chi connectivity index (χ0) is 7.98. The molecule has 0 aromatic carbocycles. The van der Waals surface area contributed by atoms with Gasteiger partial charge in [0.2, 0.25) is 0 Å². The summed E-state index contributed by atoms with van der Waals surface area (Å²) in [5, 5.41) is 11.8. The zero-order valence-electron chi connectivity index (χ0n) is 6.16. The third-order valence-corrected chi connectivity index (χ3v) is 0.706. The summed E-state index contributed by atoms with van der Waals surface area (Å²) < 4.78 is 0. The number of aliphatic hydroxyl groups excluding tert-OH is 1. The lowest BCUT2D eigenvalue weighted by Gasteiger charge is -1.94. The maximum absolute atomic E-state index is 10.3. The number of amides is 1. The van der Waals surface area contributed by atoms with Gasteiger partial charge in [-0.3, -0.25) is 4.79 Å². The molecular weight excluding hydrogens is 132 g/mol. The van der Waals surface area contributed by atoms with E-state index in [0.717, 1.165) is 0 Å². The van der Waals surface area contributed by atoms with Crippen LogP contribution in [-0.2, 0) is 4.79 Å². The zero-order valence-corrected chi connectivity index (χ0v) is 6.16. The molecule has 0 saturated carbocycles. The van der Waals surface area contributed by atoms with Crippen molar-refractivity contribution >= 4 is 12.1 Å². The van der Waals surface area contributed by atoms with E-state index < -0.39 is 12.5 Å². The summed E-state index contributed by atoms with van der Waals surface area (Å²) in [7, 11) is 0. The van der Waals surface area contributed by atoms with Crippen LogP contribution in [0.2, 0.25) is 0 Å². The van der Waals surface area contributed by atoms with Crippen molar-refractivity contribution in [2.45, 2.75) is 13.8 Å². The minimum Gasteiger partial charge on any atom is -0.386 e. The molecule has 0 radical (unpaired) electrons. The standard InChI is InChI=1S/C6H12N2O2/c1-5(2)3-7-8-6(10)4-9/h3,5,9H,4H2,1-2H3,(H,8,10)/b7-3+. The lowest BCUT2D eigenvalue weighted by Crippen LogP contribution is -2.21. The van der Waals surface area contributed by atoms with Gasteiger partial charge in [0.25, 0.3) is 5.91 Å². The van der Waals surface area contributed by atoms with Crippen molar-refractivity contribution in [1.29, 1.82) is 0 Å². The number of hydrogen-bond acceptors (Lipinski definition) is 3. The van der Waals surface area contributed by atoms with Crippen LogP contribution in [-0.4, -0.2) is 23.8 Å². The Labute approximate surface area is 59.9 Å². The number of nitrogens with one attached hydrogen (secondary N) is 1. The van der Waals surface area contributed by atoms with Crippen molar-refractivity contribution in [3.05, 3.63) is 0 Å². The second kappa shape index (κ2) is 4.93. The average Bonchev–Trinajstić information content (AvgIpc) is 1.87. The predicted molar refractivity (Wildman–Crippen MR) is 38.6 cm³/mol. The molecule has 0 aliphatic rings. The molecule has 0 unspecified atom stereocenters. The van der Waals surface area contributed by atoms with E-state index in [2.05, 4.69) is 10.5 Å². The second-order valence-electron chi connectivity index (χ2n) is 2.22. The molecule has 58 valence electrons. The molecule has 0 aromatic heterocycles. The first-order chi connectivity index (χ1) is 4.66. The Kier molecular flexibility index (Phi) is 4.49. The van der Waals surface area contributed by atoms with E-state index in [0.29, 0.717) is 5.92 Å². The quantitative estimate of drug-likeness (QED) is 0.423. The average molecular weight is 144 g/mol. The van der Waals surface area contributed by atoms with Crippen molar-refractivity contribution in [3.63, 3.8) is 0 Å². The van der Waals surface area contributed by atoms with Gasteiger partial charge in [0.05, 0.1) is 0 Å². The highest BCUT2D eigenvalue weighted by atomic mass is 16.3. The first-order valence-electron chi connectivity index (χ1n) is 3.09. The predicted octanol–water partition coefficient (Wildman–Crippen LogP) is -0.263. The largest absolute Gasteiger partial charge is 0.386 e. The van der Waals surface area contributed by atoms with Crippen molar-refractivity contribution in [2.75, 3.05) is 6.61 Å². The summed E-state index contributed by atoms with van der Waals surface area (Å²) in [6.07, 6.45) is 1.59. The van der Waals surface area contributed by atoms with Crippen LogP contribution in [0.3, 0.4) is 0 Å². The molecule has 0 atom stereocenters. The van der Waals surface area contributed by atoms with Crippen molar-refractivity contribution in [3.8, 4) is 0 Å². The first-order valence-corrected chi connectivity index (χ1v) is 3.09. The Morgan fingerprint density at radius 3 is 2.80 bits per heavy atom. The van der Waals surface area contributed by atoms with Crippen LogP contribution in [0.15, 0.2) is 5.10 Å². The fourth-order valence-corrected chi connectivity index (χ4v) is 0.294. The van der Waals surface area contributed by atoms with Gasteiger partial charge < -0.3 is 5.11 Å². The number of aliphatic hydroxyl groups is 1. The molecule has 4 nitrogen and oxygen atoms in total. The van der Waals surface area contributed by atoms with Gasteiger partial charge in [0.15, 0.2) is 0 Å². The smallest absolute Gasteiger partial charge is 0.265 e. The maximum Gasteiger partial charge on any atom is 0.265 e. The van der Waals surface area contributed by atoms with Gasteiger partial charge in [-0.15, -0.1) is 0 Å². The van der Waals surface area contributed by atoms with Crippen molar-refractivity contribution < 1.29 is 9.90 Å². The van der Waals surface area contributed by atoms with Gasteiger partial charge in [0, 0.05) is 6.21 Å². The lowest BCUT2D eigenvalue weighted by atomic mass is 10.3. The highest BCUT2D eigenvalue weighted by molar-refractivity contribution is 5.77. The van der Waals surface area contributed by atoms with Crippen LogP contribution in [0.4, 0.5) is 0 Å². The number of hydrazone groups is 1. The Morgan fingerprint density at radius 2 is 2.40 bits per heavy atom. The van der Waals surface area contributed by atoms with Gasteiger partial charge in [0.1, 0.15) is 6.61 Å². The molecule has 0 heterocycles. The van der Waals surface area contributed by atoms with Gasteiger partial charge >= 0.3 is 0 Å². The normalized spacial score (nSPS) is 10.8. The Bertz CT molecular complexity index is 132. The summed E-state index contributed by atoms with van der Waals surface area (Å²) in [5.41, 5.74) is 2.14. The van der Waals surface area contributed by atoms with Gasteiger partial charge in [-0.25, -0.2) is 5.43 Å². The van der Waals surface area contributed by atoms with Gasteiger partial charge in [-0.2, -0.15) is 5.10 Å². The minimum absolute atomic E-state index is 0.305. The maximum atomic E-state index is 10.3. The number of rotatable bonds is 3. The van der Waals surface area contributed by atoms with Crippen molar-refractivity contribution in [2.24, 2.45) is 11.0 Å². The fraction of sp³-hybridized carbons (Fsp3) is 0.667. The number of carbonyl (C=O) groups is 1. The molecule has 2 N–H and O–H groups in total. The number of carbonyl (C=O) groups excluding carboxylic acids is 1. The highest BCUT2D eigenvalue weighted by Crippen LogP contribution is 1.82. The number of nitrogens with zero attached hydrogens (tertiary/aromatic N) is 1. The van der Waals surface area contributed by atoms with E-state index in [1.165, 1.54) is 0 Å². The molecule has 0 aliphatic carbocycles. The molecule has 0 saturated heterocycles. The van der Waals surface area contributed by atoms with Gasteiger partial charge in [-0.1, -0.05) is 13.8 Å². The molecule has 0 spiro atoms. The van der Waals surface area contributed by atoms with Crippen LogP contribution in [0, 0.1) is 5.92 Å². The van der Waals surface area contributed by atoms with E-state index in [1.807, 2.05) is 13.8 Å². The second-order valence-corrected chi connectivity index (χ2v) is 2.22. The van der Waals surface area contributed by atoms with E-state index >= 15 is 0 Å². The molecule has 0 aliphatic heterocycles. The molecule has 0 rings (SSSR count). The SMILES string of the molecule is CC(C)/C=N/NC(=O)CO. The molecule has 4 heteroatoms. The third-order valence-electron chi connectivity index (χ3n) is 0.706. The Morgan fingerprint density at radius 1 is 1.80 bits per heavy atom. The van der Waals surface area contributed by atoms with Gasteiger partial charge in [-0.05, 0) is 5.92 Å². The van der Waals surface area contributed by atoms with Crippen LogP contribution in [0.1, 0.15) is 13.8 Å². The first kappa shape index (κ1) is 9.10. The molecule has 0 fully saturated rings. The van der Waals surface area contributed by atoms with Crippen LogP contribution >= 0.6 is 0 Å². The summed E-state index contributed by atoms with van der Waals surface area (Å²) in [6, 6.07) is 0. The molecular formula is C6H12N2O2. The van der Waals surface area contributed by atoms with E-state index in [-0.39, 0.29) is 0 Å². The summed E-state index contributed by atoms with van der Waals surface area (Å²) >= 11 is 0. The molecule has 0 bridgehead atoms. The molecule has 1 amide bonds. The minimum atomic E-state index is -0.518. The Balaban J connectivity index is 3.43. The van der Waals surface area contributed by atoms with Crippen LogP contribution < -0.4 is 5.43 Å². The fourth-order valence-electron chi connectivity index (χ4n) is 0.294. The van der Waals surface area contributed by atoms with E-state index in [1.54, 1.807) is 6.21 Å². The molecule has 10 heavy (non-hydrogen) atoms. The number of hydrogen-bond donors (Lipinski definition) is 2. The summed E-state index contributed by atoms with van der Waals surface area (Å²) in [5.74, 6) is -0.184. The summed E-state index contributed by atoms with van der Waals surface area (Å²) in [4.78, 5) is 10.3. The summed E-state index contributed by atoms with van der Waals surface area (Å²) in [6.45, 7) is 3.36. The van der Waals surface area contributed by atoms with E-state index in [9.17, 15) is 4.79 Å². The van der Waals surface area contributed by atoms with E-state index in [4.69, 9.17) is 5.11 Å². The monoisotopic (exact) mass is 144 g/mol. The van der Waals surface area contributed by atoms with Crippen molar-refractivity contribution in [1.82, 2.24) is 5.43 Å². The van der Waals surface area contributed by atoms with Crippen LogP contribution in [0.25, 0.3) is 0 Å². The Hall–Kier alpha value is -0.900. The van der Waals surface area contributed by atoms with Crippen LogP contribution in [0.5, 0.6) is 0 Å². The molecule has 0 aromatic rings. The lowest BCUT2D eigenvalue weighted by molar-refractivity contribution is -0.123.